The summed E-state index contributed by atoms with van der Waals surface area (Å²) in [5, 5.41) is 11.8. The van der Waals surface area contributed by atoms with Crippen molar-refractivity contribution in [3.8, 4) is 5.75 Å². The van der Waals surface area contributed by atoms with Crippen LogP contribution >= 0.6 is 0 Å². The van der Waals surface area contributed by atoms with Crippen molar-refractivity contribution < 1.29 is 19.4 Å². The molecular formula is C17H17NO4. The van der Waals surface area contributed by atoms with Gasteiger partial charge in [-0.2, -0.15) is 0 Å². The van der Waals surface area contributed by atoms with Crippen LogP contribution in [0.2, 0.25) is 0 Å². The zero-order valence-electron chi connectivity index (χ0n) is 12.2. The molecule has 5 nitrogen and oxygen atoms in total. The number of ether oxygens (including phenoxy) is 1. The number of carbonyl (C=O) groups is 2. The number of nitrogens with one attached hydrogen (secondary N) is 1. The summed E-state index contributed by atoms with van der Waals surface area (Å²) in [7, 11) is 1.48. The molecule has 0 aliphatic heterocycles. The molecule has 0 heterocycles. The largest absolute Gasteiger partial charge is 0.496 e. The number of hydrogen-bond donors (Lipinski definition) is 2. The van der Waals surface area contributed by atoms with Gasteiger partial charge < -0.3 is 15.2 Å². The Morgan fingerprint density at radius 3 is 2.36 bits per heavy atom. The van der Waals surface area contributed by atoms with E-state index in [9.17, 15) is 9.59 Å². The van der Waals surface area contributed by atoms with Gasteiger partial charge in [0.1, 0.15) is 5.75 Å². The molecule has 0 saturated heterocycles. The minimum absolute atomic E-state index is 0.190. The summed E-state index contributed by atoms with van der Waals surface area (Å²) < 4.78 is 5.16. The molecule has 1 atom stereocenters. The van der Waals surface area contributed by atoms with Crippen molar-refractivity contribution in [2.75, 3.05) is 7.11 Å². The summed E-state index contributed by atoms with van der Waals surface area (Å²) in [6, 6.07) is 15.2. The molecule has 2 rings (SSSR count). The highest BCUT2D eigenvalue weighted by Crippen LogP contribution is 2.21. The number of rotatable bonds is 6. The van der Waals surface area contributed by atoms with Crippen molar-refractivity contribution in [3.63, 3.8) is 0 Å². The Morgan fingerprint density at radius 2 is 1.73 bits per heavy atom. The van der Waals surface area contributed by atoms with Gasteiger partial charge in [0, 0.05) is 0 Å². The molecule has 1 amide bonds. The smallest absolute Gasteiger partial charge is 0.305 e. The maximum Gasteiger partial charge on any atom is 0.305 e. The summed E-state index contributed by atoms with van der Waals surface area (Å²) >= 11 is 0. The van der Waals surface area contributed by atoms with E-state index in [0.29, 0.717) is 11.3 Å². The lowest BCUT2D eigenvalue weighted by Crippen LogP contribution is -2.30. The molecule has 2 N–H and O–H groups in total. The highest BCUT2D eigenvalue weighted by molar-refractivity contribution is 5.97. The van der Waals surface area contributed by atoms with Crippen LogP contribution in [0, 0.1) is 0 Å². The summed E-state index contributed by atoms with van der Waals surface area (Å²) in [5.41, 5.74) is 1.12. The summed E-state index contributed by atoms with van der Waals surface area (Å²) in [6.45, 7) is 0. The molecule has 22 heavy (non-hydrogen) atoms. The van der Waals surface area contributed by atoms with Crippen LogP contribution in [-0.2, 0) is 4.79 Å². The molecule has 0 spiro atoms. The van der Waals surface area contributed by atoms with Crippen LogP contribution in [0.25, 0.3) is 0 Å². The zero-order valence-corrected chi connectivity index (χ0v) is 12.2. The Balaban J connectivity index is 2.23. The second-order valence-electron chi connectivity index (χ2n) is 4.73. The van der Waals surface area contributed by atoms with Gasteiger partial charge >= 0.3 is 5.97 Å². The number of carboxylic acids is 1. The van der Waals surface area contributed by atoms with Crippen molar-refractivity contribution in [2.24, 2.45) is 0 Å². The quantitative estimate of drug-likeness (QED) is 0.859. The summed E-state index contributed by atoms with van der Waals surface area (Å²) in [5.74, 6) is -0.899. The number of carbonyl (C=O) groups excluding carboxylic acids is 1. The Morgan fingerprint density at radius 1 is 1.09 bits per heavy atom. The van der Waals surface area contributed by atoms with Crippen LogP contribution in [0.5, 0.6) is 5.75 Å². The van der Waals surface area contributed by atoms with Crippen LogP contribution in [0.4, 0.5) is 0 Å². The Labute approximate surface area is 128 Å². The first-order valence-electron chi connectivity index (χ1n) is 6.82. The van der Waals surface area contributed by atoms with E-state index in [4.69, 9.17) is 9.84 Å². The molecule has 0 bridgehead atoms. The van der Waals surface area contributed by atoms with Crippen LogP contribution in [0.15, 0.2) is 54.6 Å². The molecule has 2 aromatic carbocycles. The molecule has 0 saturated carbocycles. The van der Waals surface area contributed by atoms with E-state index in [-0.39, 0.29) is 12.3 Å². The van der Waals surface area contributed by atoms with E-state index < -0.39 is 12.0 Å². The van der Waals surface area contributed by atoms with E-state index in [1.54, 1.807) is 48.5 Å². The molecule has 5 heteroatoms. The molecule has 0 aromatic heterocycles. The van der Waals surface area contributed by atoms with Crippen molar-refractivity contribution in [1.29, 1.82) is 0 Å². The number of aliphatic carboxylic acids is 1. The van der Waals surface area contributed by atoms with E-state index in [1.165, 1.54) is 7.11 Å². The van der Waals surface area contributed by atoms with Gasteiger partial charge in [-0.05, 0) is 17.7 Å². The third kappa shape index (κ3) is 3.85. The first-order chi connectivity index (χ1) is 10.6. The van der Waals surface area contributed by atoms with Crippen LogP contribution in [-0.4, -0.2) is 24.1 Å². The summed E-state index contributed by atoms with van der Waals surface area (Å²) in [6.07, 6.45) is -0.190. The van der Waals surface area contributed by atoms with Crippen LogP contribution in [0.3, 0.4) is 0 Å². The fraction of sp³-hybridized carbons (Fsp3) is 0.176. The maximum atomic E-state index is 12.4. The first-order valence-corrected chi connectivity index (χ1v) is 6.82. The number of amides is 1. The molecule has 0 aliphatic rings. The lowest BCUT2D eigenvalue weighted by molar-refractivity contribution is -0.137. The highest BCUT2D eigenvalue weighted by Gasteiger charge is 2.20. The molecule has 0 radical (unpaired) electrons. The molecule has 114 valence electrons. The fourth-order valence-corrected chi connectivity index (χ4v) is 2.18. The van der Waals surface area contributed by atoms with Gasteiger partial charge in [0.05, 0.1) is 25.1 Å². The standard InChI is InChI=1S/C17H17NO4/c1-22-15-10-6-5-9-13(15)17(21)18-14(11-16(19)20)12-7-3-2-4-8-12/h2-10,14H,11H2,1H3,(H,18,21)(H,19,20). The number of hydrogen-bond acceptors (Lipinski definition) is 3. The zero-order chi connectivity index (χ0) is 15.9. The topological polar surface area (TPSA) is 75.6 Å². The average Bonchev–Trinajstić information content (AvgIpc) is 2.54. The number of carboxylic acid groups (broad SMARTS) is 1. The second-order valence-corrected chi connectivity index (χ2v) is 4.73. The predicted octanol–water partition coefficient (Wildman–Crippen LogP) is 2.64. The number of benzene rings is 2. The van der Waals surface area contributed by atoms with E-state index in [1.807, 2.05) is 6.07 Å². The van der Waals surface area contributed by atoms with Crippen molar-refractivity contribution in [1.82, 2.24) is 5.32 Å². The van der Waals surface area contributed by atoms with Gasteiger partial charge in [-0.3, -0.25) is 9.59 Å². The minimum atomic E-state index is -0.978. The first kappa shape index (κ1) is 15.6. The van der Waals surface area contributed by atoms with E-state index in [2.05, 4.69) is 5.32 Å². The predicted molar refractivity (Wildman–Crippen MR) is 81.9 cm³/mol. The third-order valence-electron chi connectivity index (χ3n) is 3.24. The van der Waals surface area contributed by atoms with Gasteiger partial charge in [0.25, 0.3) is 5.91 Å². The van der Waals surface area contributed by atoms with Gasteiger partial charge in [0.15, 0.2) is 0 Å². The minimum Gasteiger partial charge on any atom is -0.496 e. The van der Waals surface area contributed by atoms with Gasteiger partial charge in [-0.15, -0.1) is 0 Å². The van der Waals surface area contributed by atoms with E-state index in [0.717, 1.165) is 5.56 Å². The average molecular weight is 299 g/mol. The highest BCUT2D eigenvalue weighted by atomic mass is 16.5. The Bertz CT molecular complexity index is 655. The monoisotopic (exact) mass is 299 g/mol. The SMILES string of the molecule is COc1ccccc1C(=O)NC(CC(=O)O)c1ccccc1. The van der Waals surface area contributed by atoms with Crippen LogP contribution in [0.1, 0.15) is 28.4 Å². The molecule has 0 aliphatic carbocycles. The van der Waals surface area contributed by atoms with Crippen molar-refractivity contribution >= 4 is 11.9 Å². The Hall–Kier alpha value is -2.82. The van der Waals surface area contributed by atoms with Crippen LogP contribution < -0.4 is 10.1 Å². The lowest BCUT2D eigenvalue weighted by atomic mass is 10.0. The molecule has 2 aromatic rings. The fourth-order valence-electron chi connectivity index (χ4n) is 2.18. The van der Waals surface area contributed by atoms with Gasteiger partial charge in [0.2, 0.25) is 0 Å². The number of methoxy groups -OCH3 is 1. The van der Waals surface area contributed by atoms with Gasteiger partial charge in [-0.25, -0.2) is 0 Å². The van der Waals surface area contributed by atoms with E-state index >= 15 is 0 Å². The summed E-state index contributed by atoms with van der Waals surface area (Å²) in [4.78, 5) is 23.5. The van der Waals surface area contributed by atoms with Gasteiger partial charge in [-0.1, -0.05) is 42.5 Å². The van der Waals surface area contributed by atoms with Crippen molar-refractivity contribution in [3.05, 3.63) is 65.7 Å². The second kappa shape index (κ2) is 7.26. The molecule has 0 fully saturated rings. The lowest BCUT2D eigenvalue weighted by Gasteiger charge is -2.18. The maximum absolute atomic E-state index is 12.4. The third-order valence-corrected chi connectivity index (χ3v) is 3.24. The molecular weight excluding hydrogens is 282 g/mol. The molecule has 1 unspecified atom stereocenters. The normalized spacial score (nSPS) is 11.5. The Kier molecular flexibility index (Phi) is 5.14. The number of para-hydroxylation sites is 1. The van der Waals surface area contributed by atoms with Crippen molar-refractivity contribution in [2.45, 2.75) is 12.5 Å².